The van der Waals surface area contributed by atoms with Crippen molar-refractivity contribution in [2.45, 2.75) is 13.0 Å². The van der Waals surface area contributed by atoms with Crippen LogP contribution in [0.5, 0.6) is 0 Å². The molecule has 0 aliphatic heterocycles. The fraction of sp³-hybridized carbons (Fsp3) is 0.292. The second-order valence-electron chi connectivity index (χ2n) is 8.04. The zero-order chi connectivity index (χ0) is 24.1. The number of nitro groups is 1. The third-order valence-corrected chi connectivity index (χ3v) is 5.45. The molecular formula is C24H27N5O4. The number of carbonyl (C=O) groups is 1. The van der Waals surface area contributed by atoms with Gasteiger partial charge >= 0.3 is 0 Å². The number of hydrogen-bond acceptors (Lipinski definition) is 6. The lowest BCUT2D eigenvalue weighted by atomic mass is 10.1. The smallest absolute Gasteiger partial charge is 0.269 e. The standard InChI is InChI=1S/C24H27N5O4/c1-17(23-25-21-8-6-5-7-20(21)24(31)27(23)4)28(16-15-26(2)3)22(30)14-11-18-9-12-19(13-10-18)29(32)33/h5-14,17H,15-16H2,1-4H3/b14-11+. The predicted octanol–water partition coefficient (Wildman–Crippen LogP) is 3.01. The second-order valence-corrected chi connectivity index (χ2v) is 8.04. The maximum atomic E-state index is 13.2. The van der Waals surface area contributed by atoms with Gasteiger partial charge in [0.25, 0.3) is 11.2 Å². The minimum Gasteiger partial charge on any atom is -0.328 e. The van der Waals surface area contributed by atoms with E-state index >= 15 is 0 Å². The fourth-order valence-electron chi connectivity index (χ4n) is 3.52. The fourth-order valence-corrected chi connectivity index (χ4v) is 3.52. The van der Waals surface area contributed by atoms with Gasteiger partial charge in [-0.25, -0.2) is 4.98 Å². The highest BCUT2D eigenvalue weighted by atomic mass is 16.6. The summed E-state index contributed by atoms with van der Waals surface area (Å²) in [6.07, 6.45) is 3.06. The van der Waals surface area contributed by atoms with Crippen LogP contribution in [0.3, 0.4) is 0 Å². The molecule has 3 rings (SSSR count). The van der Waals surface area contributed by atoms with Crippen molar-refractivity contribution in [3.8, 4) is 0 Å². The predicted molar refractivity (Wildman–Crippen MR) is 128 cm³/mol. The monoisotopic (exact) mass is 449 g/mol. The van der Waals surface area contributed by atoms with Crippen molar-refractivity contribution in [3.05, 3.63) is 86.5 Å². The lowest BCUT2D eigenvalue weighted by Crippen LogP contribution is -2.40. The first-order valence-corrected chi connectivity index (χ1v) is 10.5. The molecule has 172 valence electrons. The van der Waals surface area contributed by atoms with Crippen molar-refractivity contribution in [1.82, 2.24) is 19.4 Å². The summed E-state index contributed by atoms with van der Waals surface area (Å²) in [5, 5.41) is 11.4. The highest BCUT2D eigenvalue weighted by molar-refractivity contribution is 5.92. The van der Waals surface area contributed by atoms with Crippen LogP contribution in [0.25, 0.3) is 17.0 Å². The summed E-state index contributed by atoms with van der Waals surface area (Å²) in [5.41, 5.74) is 1.08. The molecule has 9 nitrogen and oxygen atoms in total. The Morgan fingerprint density at radius 3 is 2.45 bits per heavy atom. The maximum absolute atomic E-state index is 13.2. The Labute approximate surface area is 191 Å². The molecule has 1 unspecified atom stereocenters. The minimum absolute atomic E-state index is 0.0111. The molecule has 0 aliphatic carbocycles. The van der Waals surface area contributed by atoms with Crippen LogP contribution >= 0.6 is 0 Å². The van der Waals surface area contributed by atoms with Gasteiger partial charge in [-0.2, -0.15) is 0 Å². The molecule has 1 heterocycles. The maximum Gasteiger partial charge on any atom is 0.269 e. The van der Waals surface area contributed by atoms with E-state index in [-0.39, 0.29) is 17.2 Å². The van der Waals surface area contributed by atoms with Gasteiger partial charge in [0.05, 0.1) is 21.9 Å². The lowest BCUT2D eigenvalue weighted by Gasteiger charge is -2.30. The van der Waals surface area contributed by atoms with Gasteiger partial charge < -0.3 is 9.80 Å². The molecule has 0 aliphatic rings. The summed E-state index contributed by atoms with van der Waals surface area (Å²) in [7, 11) is 5.50. The van der Waals surface area contributed by atoms with Gasteiger partial charge in [0, 0.05) is 38.3 Å². The molecule has 0 fully saturated rings. The van der Waals surface area contributed by atoms with E-state index in [0.29, 0.717) is 35.4 Å². The number of nitrogens with zero attached hydrogens (tertiary/aromatic N) is 5. The first-order chi connectivity index (χ1) is 15.7. The normalized spacial score (nSPS) is 12.4. The molecule has 1 aromatic heterocycles. The average molecular weight is 450 g/mol. The molecule has 33 heavy (non-hydrogen) atoms. The van der Waals surface area contributed by atoms with Crippen LogP contribution in [-0.2, 0) is 11.8 Å². The number of aromatic nitrogens is 2. The van der Waals surface area contributed by atoms with Gasteiger partial charge in [-0.05, 0) is 56.9 Å². The second kappa shape index (κ2) is 10.2. The molecule has 0 N–H and O–H groups in total. The average Bonchev–Trinajstić information content (AvgIpc) is 2.80. The molecular weight excluding hydrogens is 422 g/mol. The Bertz CT molecular complexity index is 1250. The van der Waals surface area contributed by atoms with Crippen molar-refractivity contribution in [2.24, 2.45) is 7.05 Å². The number of para-hydroxylation sites is 1. The van der Waals surface area contributed by atoms with Crippen molar-refractivity contribution in [3.63, 3.8) is 0 Å². The lowest BCUT2D eigenvalue weighted by molar-refractivity contribution is -0.384. The number of likely N-dealkylation sites (N-methyl/N-ethyl adjacent to an activating group) is 1. The van der Waals surface area contributed by atoms with Crippen LogP contribution in [0.15, 0.2) is 59.4 Å². The summed E-state index contributed by atoms with van der Waals surface area (Å²) >= 11 is 0. The van der Waals surface area contributed by atoms with Crippen molar-refractivity contribution in [1.29, 1.82) is 0 Å². The van der Waals surface area contributed by atoms with Crippen LogP contribution in [0.4, 0.5) is 5.69 Å². The van der Waals surface area contributed by atoms with Crippen molar-refractivity contribution >= 4 is 28.6 Å². The highest BCUT2D eigenvalue weighted by Crippen LogP contribution is 2.20. The molecule has 0 radical (unpaired) electrons. The van der Waals surface area contributed by atoms with E-state index in [4.69, 9.17) is 0 Å². The Kier molecular flexibility index (Phi) is 7.34. The van der Waals surface area contributed by atoms with E-state index in [1.165, 1.54) is 22.8 Å². The first-order valence-electron chi connectivity index (χ1n) is 10.5. The van der Waals surface area contributed by atoms with E-state index in [2.05, 4.69) is 4.98 Å². The van der Waals surface area contributed by atoms with Gasteiger partial charge in [-0.15, -0.1) is 0 Å². The summed E-state index contributed by atoms with van der Waals surface area (Å²) in [6.45, 7) is 2.91. The number of fused-ring (bicyclic) bond motifs is 1. The topological polar surface area (TPSA) is 102 Å². The Morgan fingerprint density at radius 2 is 1.82 bits per heavy atom. The Morgan fingerprint density at radius 1 is 1.15 bits per heavy atom. The summed E-state index contributed by atoms with van der Waals surface area (Å²) < 4.78 is 1.49. The molecule has 1 atom stereocenters. The molecule has 0 bridgehead atoms. The molecule has 0 saturated heterocycles. The van der Waals surface area contributed by atoms with Crippen LogP contribution < -0.4 is 5.56 Å². The van der Waals surface area contributed by atoms with Crippen LogP contribution in [0, 0.1) is 10.1 Å². The SMILES string of the molecule is CC(c1nc2ccccc2c(=O)n1C)N(CCN(C)C)C(=O)/C=C/c1ccc([N+](=O)[O-])cc1. The third-order valence-electron chi connectivity index (χ3n) is 5.45. The van der Waals surface area contributed by atoms with E-state index < -0.39 is 11.0 Å². The third kappa shape index (κ3) is 5.50. The number of nitro benzene ring substituents is 1. The van der Waals surface area contributed by atoms with E-state index in [1.807, 2.05) is 32.0 Å². The largest absolute Gasteiger partial charge is 0.328 e. The molecule has 1 amide bonds. The van der Waals surface area contributed by atoms with Crippen LogP contribution in [0.1, 0.15) is 24.4 Å². The van der Waals surface area contributed by atoms with Crippen LogP contribution in [-0.4, -0.2) is 57.4 Å². The summed E-state index contributed by atoms with van der Waals surface area (Å²) in [4.78, 5) is 44.7. The Hall–Kier alpha value is -3.85. The van der Waals surface area contributed by atoms with E-state index in [0.717, 1.165) is 0 Å². The number of rotatable bonds is 8. The van der Waals surface area contributed by atoms with Gasteiger partial charge in [-0.3, -0.25) is 24.3 Å². The Balaban J connectivity index is 1.92. The van der Waals surface area contributed by atoms with Crippen molar-refractivity contribution in [2.75, 3.05) is 27.2 Å². The molecule has 0 saturated carbocycles. The van der Waals surface area contributed by atoms with E-state index in [1.54, 1.807) is 48.4 Å². The molecule has 0 spiro atoms. The minimum atomic E-state index is -0.468. The van der Waals surface area contributed by atoms with Gasteiger partial charge in [0.1, 0.15) is 5.82 Å². The van der Waals surface area contributed by atoms with Gasteiger partial charge in [-0.1, -0.05) is 12.1 Å². The van der Waals surface area contributed by atoms with Crippen LogP contribution in [0.2, 0.25) is 0 Å². The van der Waals surface area contributed by atoms with E-state index in [9.17, 15) is 19.7 Å². The molecule has 9 heteroatoms. The number of benzene rings is 2. The first kappa shape index (κ1) is 23.8. The summed E-state index contributed by atoms with van der Waals surface area (Å²) in [6, 6.07) is 12.6. The highest BCUT2D eigenvalue weighted by Gasteiger charge is 2.24. The van der Waals surface area contributed by atoms with Crippen molar-refractivity contribution < 1.29 is 9.72 Å². The zero-order valence-electron chi connectivity index (χ0n) is 19.1. The number of hydrogen-bond donors (Lipinski definition) is 0. The van der Waals surface area contributed by atoms with Gasteiger partial charge in [0.2, 0.25) is 5.91 Å². The molecule has 2 aromatic carbocycles. The number of non-ortho nitro benzene ring substituents is 1. The number of amides is 1. The molecule has 3 aromatic rings. The summed E-state index contributed by atoms with van der Waals surface area (Å²) in [5.74, 6) is 0.250. The quantitative estimate of drug-likeness (QED) is 0.298. The van der Waals surface area contributed by atoms with Gasteiger partial charge in [0.15, 0.2) is 0 Å². The number of carbonyl (C=O) groups excluding carboxylic acids is 1. The zero-order valence-corrected chi connectivity index (χ0v) is 19.1.